The molecule has 2 heteroatoms. The van der Waals surface area contributed by atoms with Gasteiger partial charge in [0.1, 0.15) is 0 Å². The van der Waals surface area contributed by atoms with Crippen molar-refractivity contribution in [2.45, 2.75) is 11.8 Å². The molecule has 10 aliphatic carbocycles. The molecule has 4 fully saturated rings. The monoisotopic (exact) mass is 776 g/mol. The second-order valence-electron chi connectivity index (χ2n) is 13.2. The zero-order chi connectivity index (χ0) is 35.0. The van der Waals surface area contributed by atoms with Crippen molar-refractivity contribution in [3.63, 3.8) is 0 Å². The van der Waals surface area contributed by atoms with Gasteiger partial charge in [-0.3, -0.25) is 0 Å². The number of rotatable bonds is 6. The molecule has 4 saturated carbocycles. The fourth-order valence-corrected chi connectivity index (χ4v) is 7.69. The summed E-state index contributed by atoms with van der Waals surface area (Å²) in [6.45, 7) is 0. The van der Waals surface area contributed by atoms with Crippen molar-refractivity contribution in [1.82, 2.24) is 0 Å². The maximum absolute atomic E-state index is 2.52. The van der Waals surface area contributed by atoms with Gasteiger partial charge in [-0.15, -0.1) is 0 Å². The molecule has 0 N–H and O–H groups in total. The number of hydrogen-bond donors (Lipinski definition) is 0. The normalized spacial score (nSPS) is 18.3. The first-order valence-electron chi connectivity index (χ1n) is 18.1. The fraction of sp³-hybridized carbons (Fsp3) is 0.0385. The van der Waals surface area contributed by atoms with E-state index in [1.165, 1.54) is 67.5 Å². The van der Waals surface area contributed by atoms with Crippen molar-refractivity contribution in [1.29, 1.82) is 0 Å². The van der Waals surface area contributed by atoms with E-state index in [-0.39, 0.29) is 46.0 Å². The summed E-state index contributed by atoms with van der Waals surface area (Å²) in [4.78, 5) is 0. The molecule has 54 heavy (non-hydrogen) atoms. The Bertz CT molecular complexity index is 1740. The molecule has 2 unspecified atom stereocenters. The van der Waals surface area contributed by atoms with Crippen molar-refractivity contribution in [2.75, 3.05) is 0 Å². The van der Waals surface area contributed by atoms with Gasteiger partial charge in [0.2, 0.25) is 0 Å². The first-order valence-corrected chi connectivity index (χ1v) is 18.1. The van der Waals surface area contributed by atoms with Gasteiger partial charge in [-0.25, -0.2) is 0 Å². The second kappa shape index (κ2) is 20.3. The molecule has 0 aromatic heterocycles. The standard InChI is InChI=1S/C42H30.2C5H5.2Fe/c1-4-14-29-24-26-37(33(29)20-6-1)41(31-16-10-11-17-31)39-28-40(36-23-9-3-8-22-35(36)39)42(32-18-12-13-19-32)38-27-25-30-15-5-2-7-21-34(30)38;2*1-2-4-5-3-1;;/h1-28,41-42H;2*1-5H;;/q;;;2*+2. The Labute approximate surface area is 348 Å². The topological polar surface area (TPSA) is 0 Å². The van der Waals surface area contributed by atoms with E-state index in [0.29, 0.717) is 0 Å². The predicted octanol–water partition coefficient (Wildman–Crippen LogP) is 12.1. The van der Waals surface area contributed by atoms with Crippen LogP contribution in [0, 0.1) is 127 Å². The van der Waals surface area contributed by atoms with Gasteiger partial charge in [0.05, 0.1) is 0 Å². The van der Waals surface area contributed by atoms with Crippen LogP contribution in [0.5, 0.6) is 0 Å². The summed E-state index contributed by atoms with van der Waals surface area (Å²) in [5.41, 5.74) is 13.2. The molecule has 0 aromatic rings. The van der Waals surface area contributed by atoms with Gasteiger partial charge in [0.15, 0.2) is 0 Å². The Morgan fingerprint density at radius 1 is 0.259 bits per heavy atom. The van der Waals surface area contributed by atoms with E-state index in [0.717, 1.165) is 0 Å². The van der Waals surface area contributed by atoms with Gasteiger partial charge in [-0.05, 0) is 183 Å². The van der Waals surface area contributed by atoms with E-state index in [1.54, 1.807) is 0 Å². The molecule has 0 bridgehead atoms. The maximum atomic E-state index is 2.52. The van der Waals surface area contributed by atoms with Crippen LogP contribution in [-0.4, -0.2) is 0 Å². The Hall–Kier alpha value is -2.86. The van der Waals surface area contributed by atoms with Crippen LogP contribution in [0.25, 0.3) is 33.4 Å². The quantitative estimate of drug-likeness (QED) is 0.148. The average Bonchev–Trinajstić information content (AvgIpc) is 4.02. The van der Waals surface area contributed by atoms with Crippen LogP contribution in [-0.2, 0) is 34.1 Å². The van der Waals surface area contributed by atoms with Gasteiger partial charge in [0.25, 0.3) is 0 Å². The van der Waals surface area contributed by atoms with Crippen LogP contribution in [0.1, 0.15) is 34.1 Å². The average molecular weight is 777 g/mol. The molecule has 0 aliphatic heterocycles. The van der Waals surface area contributed by atoms with Crippen molar-refractivity contribution in [3.05, 3.63) is 271 Å². The minimum atomic E-state index is 0. The van der Waals surface area contributed by atoms with E-state index in [9.17, 15) is 0 Å². The first kappa shape index (κ1) is 40.8. The van der Waals surface area contributed by atoms with Crippen LogP contribution in [0.4, 0.5) is 0 Å². The van der Waals surface area contributed by atoms with E-state index < -0.39 is 0 Å². The van der Waals surface area contributed by atoms with Crippen LogP contribution in [0.15, 0.2) is 121 Å². The molecule has 20 radical (unpaired) electrons. The molecule has 10 rings (SSSR count). The van der Waals surface area contributed by atoms with Gasteiger partial charge < -0.3 is 0 Å². The third kappa shape index (κ3) is 9.22. The smallest absolute Gasteiger partial charge is 0.0622 e. The third-order valence-electron chi connectivity index (χ3n) is 10.0. The summed E-state index contributed by atoms with van der Waals surface area (Å²) in [6.07, 6.45) is 37.8. The summed E-state index contributed by atoms with van der Waals surface area (Å²) >= 11 is 0. The molecule has 0 heterocycles. The van der Waals surface area contributed by atoms with E-state index in [2.05, 4.69) is 173 Å². The molecule has 10 aliphatic rings. The van der Waals surface area contributed by atoms with Crippen molar-refractivity contribution < 1.29 is 34.1 Å². The number of hydrogen-bond acceptors (Lipinski definition) is 0. The third-order valence-corrected chi connectivity index (χ3v) is 10.0. The van der Waals surface area contributed by atoms with E-state index >= 15 is 0 Å². The van der Waals surface area contributed by atoms with E-state index in [1.807, 2.05) is 64.2 Å². The van der Waals surface area contributed by atoms with E-state index in [4.69, 9.17) is 0 Å². The summed E-state index contributed by atoms with van der Waals surface area (Å²) in [5.74, 6) is 2.89. The summed E-state index contributed by atoms with van der Waals surface area (Å²) in [7, 11) is 0. The van der Waals surface area contributed by atoms with Crippen LogP contribution >= 0.6 is 0 Å². The van der Waals surface area contributed by atoms with Crippen molar-refractivity contribution >= 4 is 0 Å². The predicted molar refractivity (Wildman–Crippen MR) is 217 cm³/mol. The Morgan fingerprint density at radius 3 is 0.926 bits per heavy atom. The van der Waals surface area contributed by atoms with Crippen LogP contribution in [0.2, 0.25) is 0 Å². The Morgan fingerprint density at radius 2 is 0.574 bits per heavy atom. The summed E-state index contributed by atoms with van der Waals surface area (Å²) in [5, 5.41) is 0. The van der Waals surface area contributed by atoms with Crippen LogP contribution < -0.4 is 0 Å². The minimum Gasteiger partial charge on any atom is -0.0622 e. The van der Waals surface area contributed by atoms with Gasteiger partial charge in [-0.2, -0.15) is 0 Å². The zero-order valence-corrected chi connectivity index (χ0v) is 32.0. The molecular weight excluding hydrogens is 736 g/mol. The molecule has 0 aromatic carbocycles. The fourth-order valence-electron chi connectivity index (χ4n) is 7.69. The molecular formula is C52H40Fe2+4. The van der Waals surface area contributed by atoms with Gasteiger partial charge >= 0.3 is 34.1 Å². The van der Waals surface area contributed by atoms with Crippen molar-refractivity contribution in [3.8, 4) is 33.4 Å². The molecule has 2 atom stereocenters. The number of fused-ring (bicyclic) bond motifs is 3. The largest absolute Gasteiger partial charge is 2.00 e. The summed E-state index contributed by atoms with van der Waals surface area (Å²) < 4.78 is 0. The minimum absolute atomic E-state index is 0. The second-order valence-corrected chi connectivity index (χ2v) is 13.2. The van der Waals surface area contributed by atoms with Crippen LogP contribution in [0.3, 0.4) is 0 Å². The zero-order valence-electron chi connectivity index (χ0n) is 29.8. The molecule has 0 spiro atoms. The Balaban J connectivity index is 0.000000361. The molecule has 0 nitrogen and oxygen atoms in total. The maximum Gasteiger partial charge on any atom is 2.00 e. The summed E-state index contributed by atoms with van der Waals surface area (Å²) in [6, 6.07) is 44.7. The van der Waals surface area contributed by atoms with Gasteiger partial charge in [0, 0.05) is 11.8 Å². The Kier molecular flexibility index (Phi) is 15.4. The SMILES string of the molecule is [CH]1[CH][CH][CH][CH]1.[CH]1[CH][CH][CH][CH]1.[CH]1[CH][CH][C](C(c2ccc3cccccc2-3)c2cc(C([C]3[CH][CH][CH][CH]3)c3ccc4cccccc3-4)c3cccccc2-3)[CH]1.[Fe+2].[Fe+2]. The molecule has 0 saturated heterocycles. The van der Waals surface area contributed by atoms with Gasteiger partial charge in [-0.1, -0.05) is 121 Å². The first-order chi connectivity index (χ1) is 25.9. The van der Waals surface area contributed by atoms with Crippen molar-refractivity contribution in [2.24, 2.45) is 0 Å². The molecule has 260 valence electrons. The molecule has 0 amide bonds.